The molecule has 1 aromatic carbocycles. The smallest absolute Gasteiger partial charge is 0.316 e. The van der Waals surface area contributed by atoms with Crippen LogP contribution in [0.15, 0.2) is 40.6 Å². The predicted octanol–water partition coefficient (Wildman–Crippen LogP) is 3.74. The third-order valence-electron chi connectivity index (χ3n) is 4.58. The number of aliphatic hydroxyl groups is 1. The van der Waals surface area contributed by atoms with Gasteiger partial charge in [0.25, 0.3) is 0 Å². The number of nitrogens with two attached hydrogens (primary N) is 1. The van der Waals surface area contributed by atoms with Crippen LogP contribution in [0, 0.1) is 11.3 Å². The molecule has 0 aliphatic heterocycles. The van der Waals surface area contributed by atoms with Crippen LogP contribution >= 0.6 is 0 Å². The summed E-state index contributed by atoms with van der Waals surface area (Å²) in [4.78, 5) is 29.6. The number of ether oxygens (including phenoxy) is 1. The summed E-state index contributed by atoms with van der Waals surface area (Å²) in [6.07, 6.45) is 1.38. The first-order valence-electron chi connectivity index (χ1n) is 8.69. The largest absolute Gasteiger partial charge is 0.511 e. The lowest BCUT2D eigenvalue weighted by atomic mass is 9.67. The monoisotopic (exact) mass is 358 g/mol. The molecule has 0 bridgehead atoms. The molecule has 0 fully saturated rings. The second-order valence-electron chi connectivity index (χ2n) is 7.20. The molecule has 1 atom stereocenters. The van der Waals surface area contributed by atoms with Gasteiger partial charge in [0.15, 0.2) is 5.78 Å². The Morgan fingerprint density at radius 1 is 1.35 bits per heavy atom. The van der Waals surface area contributed by atoms with E-state index in [9.17, 15) is 14.7 Å². The van der Waals surface area contributed by atoms with Crippen molar-refractivity contribution in [3.8, 4) is 0 Å². The van der Waals surface area contributed by atoms with Gasteiger partial charge in [-0.2, -0.15) is 0 Å². The number of carbonyl (C=O) groups is 2. The van der Waals surface area contributed by atoms with Crippen molar-refractivity contribution < 1.29 is 19.4 Å². The van der Waals surface area contributed by atoms with E-state index in [1.165, 1.54) is 7.11 Å². The van der Waals surface area contributed by atoms with E-state index in [0.29, 0.717) is 23.5 Å². The number of aliphatic imine (C=N–C) groups is 1. The highest BCUT2D eigenvalue weighted by Gasteiger charge is 2.47. The average Bonchev–Trinajstić information content (AvgIpc) is 2.55. The van der Waals surface area contributed by atoms with Gasteiger partial charge in [0, 0.05) is 12.1 Å². The molecule has 0 amide bonds. The Morgan fingerprint density at radius 2 is 1.96 bits per heavy atom. The maximum Gasteiger partial charge on any atom is 0.316 e. The van der Waals surface area contributed by atoms with E-state index in [4.69, 9.17) is 10.5 Å². The minimum Gasteiger partial charge on any atom is -0.511 e. The van der Waals surface area contributed by atoms with E-state index < -0.39 is 17.3 Å². The SMILES string of the molecule is CCCC(=Nc1ccc(N)cc1)C1=C(O)C(C(=O)OC)C(C)(C)CC1=O. The molecule has 6 heteroatoms. The zero-order chi connectivity index (χ0) is 19.5. The highest BCUT2D eigenvalue weighted by molar-refractivity contribution is 6.24. The molecule has 1 unspecified atom stereocenters. The number of aliphatic hydroxyl groups excluding tert-OH is 1. The van der Waals surface area contributed by atoms with E-state index in [1.54, 1.807) is 38.1 Å². The van der Waals surface area contributed by atoms with Crippen molar-refractivity contribution in [3.63, 3.8) is 0 Å². The normalized spacial score (nSPS) is 20.2. The number of allylic oxidation sites excluding steroid dienone is 1. The number of Topliss-reactive ketones (excluding diaryl/α,β-unsaturated/α-hetero) is 1. The minimum absolute atomic E-state index is 0.136. The summed E-state index contributed by atoms with van der Waals surface area (Å²) < 4.78 is 4.85. The lowest BCUT2D eigenvalue weighted by Crippen LogP contribution is -2.41. The molecule has 26 heavy (non-hydrogen) atoms. The Hall–Kier alpha value is -2.63. The summed E-state index contributed by atoms with van der Waals surface area (Å²) in [5.74, 6) is -1.91. The van der Waals surface area contributed by atoms with E-state index in [0.717, 1.165) is 6.42 Å². The van der Waals surface area contributed by atoms with Gasteiger partial charge in [0.2, 0.25) is 0 Å². The number of ketones is 1. The molecule has 3 N–H and O–H groups in total. The molecule has 0 spiro atoms. The van der Waals surface area contributed by atoms with E-state index in [-0.39, 0.29) is 23.5 Å². The number of rotatable bonds is 5. The van der Waals surface area contributed by atoms with Gasteiger partial charge in [-0.1, -0.05) is 27.2 Å². The van der Waals surface area contributed by atoms with Crippen LogP contribution in [0.5, 0.6) is 0 Å². The Morgan fingerprint density at radius 3 is 2.50 bits per heavy atom. The summed E-state index contributed by atoms with van der Waals surface area (Å²) >= 11 is 0. The van der Waals surface area contributed by atoms with Crippen molar-refractivity contribution >= 4 is 28.8 Å². The van der Waals surface area contributed by atoms with Crippen molar-refractivity contribution in [1.82, 2.24) is 0 Å². The van der Waals surface area contributed by atoms with E-state index in [2.05, 4.69) is 4.99 Å². The molecule has 0 radical (unpaired) electrons. The Bertz CT molecular complexity index is 761. The average molecular weight is 358 g/mol. The van der Waals surface area contributed by atoms with Gasteiger partial charge in [-0.05, 0) is 36.1 Å². The lowest BCUT2D eigenvalue weighted by Gasteiger charge is -2.36. The number of nitrogen functional groups attached to an aromatic ring is 1. The number of carbonyl (C=O) groups excluding carboxylic acids is 2. The van der Waals surface area contributed by atoms with Crippen molar-refractivity contribution in [1.29, 1.82) is 0 Å². The van der Waals surface area contributed by atoms with Crippen LogP contribution in [-0.4, -0.2) is 29.7 Å². The number of nitrogens with zero attached hydrogens (tertiary/aromatic N) is 1. The van der Waals surface area contributed by atoms with Crippen molar-refractivity contribution in [2.75, 3.05) is 12.8 Å². The number of methoxy groups -OCH3 is 1. The summed E-state index contributed by atoms with van der Waals surface area (Å²) in [6.45, 7) is 5.51. The summed E-state index contributed by atoms with van der Waals surface area (Å²) in [5.41, 5.74) is 6.83. The van der Waals surface area contributed by atoms with Gasteiger partial charge in [0.05, 0.1) is 24.1 Å². The Kier molecular flexibility index (Phi) is 5.85. The molecule has 0 aromatic heterocycles. The third kappa shape index (κ3) is 3.95. The van der Waals surface area contributed by atoms with Crippen LogP contribution in [0.25, 0.3) is 0 Å². The van der Waals surface area contributed by atoms with Crippen LogP contribution in [-0.2, 0) is 14.3 Å². The van der Waals surface area contributed by atoms with Crippen LogP contribution in [0.2, 0.25) is 0 Å². The Balaban J connectivity index is 2.59. The molecule has 1 aromatic rings. The summed E-state index contributed by atoms with van der Waals surface area (Å²) in [5, 5.41) is 10.8. The second-order valence-corrected chi connectivity index (χ2v) is 7.20. The molecule has 2 rings (SSSR count). The third-order valence-corrected chi connectivity index (χ3v) is 4.58. The minimum atomic E-state index is -0.895. The number of esters is 1. The van der Waals surface area contributed by atoms with Crippen LogP contribution < -0.4 is 5.73 Å². The molecule has 1 aliphatic rings. The highest BCUT2D eigenvalue weighted by atomic mass is 16.5. The Labute approximate surface area is 153 Å². The second kappa shape index (κ2) is 7.72. The first kappa shape index (κ1) is 19.7. The van der Waals surface area contributed by atoms with E-state index in [1.807, 2.05) is 6.92 Å². The van der Waals surface area contributed by atoms with Gasteiger partial charge in [-0.15, -0.1) is 0 Å². The zero-order valence-corrected chi connectivity index (χ0v) is 15.7. The van der Waals surface area contributed by atoms with Gasteiger partial charge in [-0.3, -0.25) is 14.6 Å². The first-order valence-corrected chi connectivity index (χ1v) is 8.69. The number of hydrogen-bond donors (Lipinski definition) is 2. The molecular weight excluding hydrogens is 332 g/mol. The fourth-order valence-corrected chi connectivity index (χ4v) is 3.30. The topological polar surface area (TPSA) is 102 Å². The van der Waals surface area contributed by atoms with Crippen molar-refractivity contribution in [2.45, 2.75) is 40.0 Å². The van der Waals surface area contributed by atoms with Crippen LogP contribution in [0.1, 0.15) is 40.0 Å². The zero-order valence-electron chi connectivity index (χ0n) is 15.7. The fourth-order valence-electron chi connectivity index (χ4n) is 3.30. The predicted molar refractivity (Wildman–Crippen MR) is 101 cm³/mol. The quantitative estimate of drug-likeness (QED) is 0.474. The molecule has 1 aliphatic carbocycles. The standard InChI is InChI=1S/C20H26N2O4/c1-5-6-14(22-13-9-7-12(21)8-10-13)16-15(23)11-20(2,3)17(18(16)24)19(25)26-4/h7-10,17,24H,5-6,11,21H2,1-4H3. The molecule has 0 saturated heterocycles. The van der Waals surface area contributed by atoms with Crippen LogP contribution in [0.4, 0.5) is 11.4 Å². The maximum atomic E-state index is 12.8. The first-order chi connectivity index (χ1) is 12.2. The maximum absolute atomic E-state index is 12.8. The summed E-state index contributed by atoms with van der Waals surface area (Å²) in [7, 11) is 1.28. The molecule has 140 valence electrons. The number of anilines is 1. The van der Waals surface area contributed by atoms with Crippen molar-refractivity contribution in [3.05, 3.63) is 35.6 Å². The van der Waals surface area contributed by atoms with Gasteiger partial charge < -0.3 is 15.6 Å². The van der Waals surface area contributed by atoms with Gasteiger partial charge in [0.1, 0.15) is 11.7 Å². The molecule has 0 heterocycles. The summed E-state index contributed by atoms with van der Waals surface area (Å²) in [6, 6.07) is 6.94. The number of benzene rings is 1. The van der Waals surface area contributed by atoms with Crippen LogP contribution in [0.3, 0.4) is 0 Å². The fraction of sp³-hybridized carbons (Fsp3) is 0.450. The van der Waals surface area contributed by atoms with Crippen molar-refractivity contribution in [2.24, 2.45) is 16.3 Å². The van der Waals surface area contributed by atoms with E-state index >= 15 is 0 Å². The molecule has 0 saturated carbocycles. The van der Waals surface area contributed by atoms with Gasteiger partial charge >= 0.3 is 5.97 Å². The number of hydrogen-bond acceptors (Lipinski definition) is 6. The highest BCUT2D eigenvalue weighted by Crippen LogP contribution is 2.42. The van der Waals surface area contributed by atoms with Gasteiger partial charge in [-0.25, -0.2) is 0 Å². The molecule has 6 nitrogen and oxygen atoms in total. The molecular formula is C20H26N2O4. The lowest BCUT2D eigenvalue weighted by molar-refractivity contribution is -0.150.